The van der Waals surface area contributed by atoms with Crippen LogP contribution in [0.3, 0.4) is 0 Å². The van der Waals surface area contributed by atoms with E-state index >= 15 is 0 Å². The van der Waals surface area contributed by atoms with E-state index in [1.165, 1.54) is 18.2 Å². The minimum absolute atomic E-state index is 0.0825. The van der Waals surface area contributed by atoms with Crippen molar-refractivity contribution in [2.45, 2.75) is 26.4 Å². The van der Waals surface area contributed by atoms with Gasteiger partial charge >= 0.3 is 0 Å². The van der Waals surface area contributed by atoms with Crippen LogP contribution >= 0.6 is 0 Å². The first-order valence-electron chi connectivity index (χ1n) is 9.79. The molecule has 6 heteroatoms. The molecule has 0 radical (unpaired) electrons. The van der Waals surface area contributed by atoms with Crippen molar-refractivity contribution in [2.24, 2.45) is 5.92 Å². The molecule has 5 nitrogen and oxygen atoms in total. The highest BCUT2D eigenvalue weighted by Gasteiger charge is 2.25. The first kappa shape index (κ1) is 21.3. The monoisotopic (exact) mass is 408 g/mol. The van der Waals surface area contributed by atoms with E-state index in [-0.39, 0.29) is 17.4 Å². The van der Waals surface area contributed by atoms with Crippen molar-refractivity contribution < 1.29 is 18.7 Å². The fraction of sp³-hybridized carbons (Fsp3) is 0.250. The second-order valence-electron chi connectivity index (χ2n) is 7.44. The van der Waals surface area contributed by atoms with Crippen molar-refractivity contribution in [3.05, 3.63) is 77.6 Å². The predicted octanol–water partition coefficient (Wildman–Crippen LogP) is 4.06. The van der Waals surface area contributed by atoms with E-state index in [1.807, 2.05) is 50.2 Å². The van der Waals surface area contributed by atoms with Crippen LogP contribution in [-0.4, -0.2) is 25.0 Å². The van der Waals surface area contributed by atoms with Crippen LogP contribution in [0.2, 0.25) is 0 Å². The molecule has 0 saturated heterocycles. The summed E-state index contributed by atoms with van der Waals surface area (Å²) in [5.74, 6) is -0.921. The maximum atomic E-state index is 13.9. The number of methoxy groups -OCH3 is 1. The van der Waals surface area contributed by atoms with E-state index < -0.39 is 17.8 Å². The maximum absolute atomic E-state index is 13.9. The molecule has 0 saturated carbocycles. The van der Waals surface area contributed by atoms with E-state index in [2.05, 4.69) is 10.6 Å². The van der Waals surface area contributed by atoms with Gasteiger partial charge in [-0.25, -0.2) is 4.39 Å². The number of carbonyl (C=O) groups is 2. The fourth-order valence-corrected chi connectivity index (χ4v) is 3.21. The third-order valence-electron chi connectivity index (χ3n) is 4.93. The number of hydrogen-bond acceptors (Lipinski definition) is 3. The molecule has 0 bridgehead atoms. The minimum atomic E-state index is -0.776. The van der Waals surface area contributed by atoms with E-state index in [9.17, 15) is 14.0 Å². The lowest BCUT2D eigenvalue weighted by molar-refractivity contribution is -0.124. The van der Waals surface area contributed by atoms with E-state index in [0.29, 0.717) is 6.54 Å². The first-order valence-corrected chi connectivity index (χ1v) is 9.79. The summed E-state index contributed by atoms with van der Waals surface area (Å²) in [6.07, 6.45) is 0. The maximum Gasteiger partial charge on any atom is 0.254 e. The first-order chi connectivity index (χ1) is 14.4. The highest BCUT2D eigenvalue weighted by Crippen LogP contribution is 2.22. The molecule has 1 atom stereocenters. The summed E-state index contributed by atoms with van der Waals surface area (Å²) >= 11 is 0. The number of nitrogens with one attached hydrogen (secondary N) is 2. The summed E-state index contributed by atoms with van der Waals surface area (Å²) in [6.45, 7) is 3.98. The number of rotatable bonds is 7. The van der Waals surface area contributed by atoms with Gasteiger partial charge in [0.15, 0.2) is 0 Å². The van der Waals surface area contributed by atoms with Crippen molar-refractivity contribution in [3.8, 4) is 5.75 Å². The molecule has 0 heterocycles. The molecule has 156 valence electrons. The predicted molar refractivity (Wildman–Crippen MR) is 115 cm³/mol. The summed E-state index contributed by atoms with van der Waals surface area (Å²) in [5.41, 5.74) is 0.852. The van der Waals surface area contributed by atoms with Crippen molar-refractivity contribution in [3.63, 3.8) is 0 Å². The topological polar surface area (TPSA) is 67.4 Å². The van der Waals surface area contributed by atoms with Gasteiger partial charge in [-0.05, 0) is 52.6 Å². The average molecular weight is 408 g/mol. The molecule has 3 aromatic carbocycles. The Bertz CT molecular complexity index is 1070. The van der Waals surface area contributed by atoms with Crippen LogP contribution in [0, 0.1) is 11.7 Å². The second kappa shape index (κ2) is 9.39. The van der Waals surface area contributed by atoms with Crippen molar-refractivity contribution in [2.75, 3.05) is 7.11 Å². The fourth-order valence-electron chi connectivity index (χ4n) is 3.21. The number of benzene rings is 3. The molecule has 0 spiro atoms. The Morgan fingerprint density at radius 1 is 1.00 bits per heavy atom. The van der Waals surface area contributed by atoms with E-state index in [4.69, 9.17) is 4.74 Å². The van der Waals surface area contributed by atoms with Crippen molar-refractivity contribution in [1.29, 1.82) is 0 Å². The normalized spacial score (nSPS) is 11.9. The largest absolute Gasteiger partial charge is 0.497 e. The Morgan fingerprint density at radius 3 is 2.40 bits per heavy atom. The van der Waals surface area contributed by atoms with Crippen LogP contribution < -0.4 is 15.4 Å². The van der Waals surface area contributed by atoms with Gasteiger partial charge in [-0.2, -0.15) is 0 Å². The Balaban J connectivity index is 1.67. The lowest BCUT2D eigenvalue weighted by atomic mass is 10.0. The zero-order valence-electron chi connectivity index (χ0n) is 17.2. The summed E-state index contributed by atoms with van der Waals surface area (Å²) in [5, 5.41) is 7.59. The number of hydrogen-bond donors (Lipinski definition) is 2. The molecule has 2 N–H and O–H groups in total. The second-order valence-corrected chi connectivity index (χ2v) is 7.44. The molecule has 0 aliphatic rings. The lowest BCUT2D eigenvalue weighted by Gasteiger charge is -2.22. The zero-order valence-corrected chi connectivity index (χ0v) is 17.2. The summed E-state index contributed by atoms with van der Waals surface area (Å²) in [4.78, 5) is 25.1. The molecule has 2 amide bonds. The molecule has 0 unspecified atom stereocenters. The minimum Gasteiger partial charge on any atom is -0.497 e. The van der Waals surface area contributed by atoms with Gasteiger partial charge in [0.25, 0.3) is 5.91 Å². The molecular weight excluding hydrogens is 383 g/mol. The van der Waals surface area contributed by atoms with Crippen LogP contribution in [0.15, 0.2) is 60.7 Å². The van der Waals surface area contributed by atoms with Crippen LogP contribution in [0.25, 0.3) is 10.8 Å². The van der Waals surface area contributed by atoms with E-state index in [1.54, 1.807) is 13.2 Å². The van der Waals surface area contributed by atoms with Crippen LogP contribution in [0.1, 0.15) is 29.8 Å². The standard InChI is InChI=1S/C24H25FN2O3/c1-15(2)22(27-23(28)20-6-4-5-7-21(20)25)24(29)26-14-16-8-9-18-13-19(30-3)11-10-17(18)12-16/h4-13,15,22H,14H2,1-3H3,(H,26,29)(H,27,28)/t22-/m0/s1. The Morgan fingerprint density at radius 2 is 1.70 bits per heavy atom. The highest BCUT2D eigenvalue weighted by atomic mass is 19.1. The molecule has 0 aliphatic heterocycles. The summed E-state index contributed by atoms with van der Waals surface area (Å²) in [6, 6.07) is 16.6. The van der Waals surface area contributed by atoms with Gasteiger partial charge in [0, 0.05) is 6.54 Å². The average Bonchev–Trinajstić information content (AvgIpc) is 2.75. The Hall–Kier alpha value is -3.41. The zero-order chi connectivity index (χ0) is 21.7. The van der Waals surface area contributed by atoms with Crippen molar-refractivity contribution in [1.82, 2.24) is 10.6 Å². The lowest BCUT2D eigenvalue weighted by Crippen LogP contribution is -2.49. The summed E-state index contributed by atoms with van der Waals surface area (Å²) < 4.78 is 19.1. The number of halogens is 1. The molecule has 0 aromatic heterocycles. The van der Waals surface area contributed by atoms with E-state index in [0.717, 1.165) is 22.1 Å². The highest BCUT2D eigenvalue weighted by molar-refractivity contribution is 5.97. The number of carbonyl (C=O) groups excluding carboxylic acids is 2. The van der Waals surface area contributed by atoms with Gasteiger partial charge in [-0.1, -0.05) is 44.2 Å². The molecule has 0 aliphatic carbocycles. The van der Waals surface area contributed by atoms with Gasteiger partial charge in [-0.3, -0.25) is 9.59 Å². The quantitative estimate of drug-likeness (QED) is 0.620. The number of amides is 2. The Labute approximate surface area is 175 Å². The number of fused-ring (bicyclic) bond motifs is 1. The van der Waals surface area contributed by atoms with Gasteiger partial charge in [0.1, 0.15) is 17.6 Å². The van der Waals surface area contributed by atoms with Crippen LogP contribution in [-0.2, 0) is 11.3 Å². The Kier molecular flexibility index (Phi) is 6.67. The SMILES string of the molecule is COc1ccc2cc(CNC(=O)[C@@H](NC(=O)c3ccccc3F)C(C)C)ccc2c1. The molecular formula is C24H25FN2O3. The molecule has 3 rings (SSSR count). The summed E-state index contributed by atoms with van der Waals surface area (Å²) in [7, 11) is 1.63. The van der Waals surface area contributed by atoms with Crippen LogP contribution in [0.4, 0.5) is 4.39 Å². The van der Waals surface area contributed by atoms with Gasteiger partial charge in [0.2, 0.25) is 5.91 Å². The van der Waals surface area contributed by atoms with Gasteiger partial charge in [0.05, 0.1) is 12.7 Å². The molecule has 0 fully saturated rings. The van der Waals surface area contributed by atoms with Gasteiger partial charge < -0.3 is 15.4 Å². The van der Waals surface area contributed by atoms with Gasteiger partial charge in [-0.15, -0.1) is 0 Å². The molecule has 30 heavy (non-hydrogen) atoms. The smallest absolute Gasteiger partial charge is 0.254 e. The third kappa shape index (κ3) is 4.95. The third-order valence-corrected chi connectivity index (χ3v) is 4.93. The molecule has 3 aromatic rings. The van der Waals surface area contributed by atoms with Crippen LogP contribution in [0.5, 0.6) is 5.75 Å². The van der Waals surface area contributed by atoms with Crippen molar-refractivity contribution >= 4 is 22.6 Å². The number of ether oxygens (including phenoxy) is 1.